The molecular weight excluding hydrogens is 240 g/mol. The summed E-state index contributed by atoms with van der Waals surface area (Å²) >= 11 is 0. The predicted molar refractivity (Wildman–Crippen MR) is 62.4 cm³/mol. The van der Waals surface area contributed by atoms with Gasteiger partial charge in [0.05, 0.1) is 5.56 Å². The van der Waals surface area contributed by atoms with Crippen molar-refractivity contribution in [2.45, 2.75) is 12.5 Å². The van der Waals surface area contributed by atoms with E-state index in [0.29, 0.717) is 0 Å². The van der Waals surface area contributed by atoms with Gasteiger partial charge in [0.1, 0.15) is 6.04 Å². The van der Waals surface area contributed by atoms with Crippen LogP contribution in [0, 0.1) is 0 Å². The van der Waals surface area contributed by atoms with Crippen molar-refractivity contribution in [1.82, 2.24) is 10.3 Å². The molecule has 7 nitrogen and oxygen atoms in total. The number of aromatic amines is 1. The molecule has 7 heteroatoms. The second kappa shape index (κ2) is 5.67. The van der Waals surface area contributed by atoms with Crippen LogP contribution in [0.15, 0.2) is 29.6 Å². The molecule has 0 aliphatic heterocycles. The maximum Gasteiger partial charge on any atom is 0.326 e. The van der Waals surface area contributed by atoms with Crippen molar-refractivity contribution in [3.05, 3.63) is 40.7 Å². The van der Waals surface area contributed by atoms with E-state index in [9.17, 15) is 14.4 Å². The van der Waals surface area contributed by atoms with Gasteiger partial charge in [0.25, 0.3) is 11.5 Å². The molecule has 1 aromatic rings. The standard InChI is InChI=1S/C11H12N2O5/c1-2-3-7(11(17)18)12-10(16)6-4-8(14)13-9(15)5-6/h2,4-5,7H,1,3H2,(H,12,16)(H,17,18)(H2,13,14,15). The Kier molecular flexibility index (Phi) is 4.25. The van der Waals surface area contributed by atoms with Crippen LogP contribution in [0.25, 0.3) is 0 Å². The van der Waals surface area contributed by atoms with E-state index >= 15 is 0 Å². The molecule has 0 aliphatic carbocycles. The number of rotatable bonds is 5. The zero-order valence-electron chi connectivity index (χ0n) is 9.34. The lowest BCUT2D eigenvalue weighted by Gasteiger charge is -2.12. The molecule has 1 rings (SSSR count). The van der Waals surface area contributed by atoms with Gasteiger partial charge in [-0.05, 0) is 6.42 Å². The molecule has 0 aromatic carbocycles. The summed E-state index contributed by atoms with van der Waals surface area (Å²) in [5, 5.41) is 20.2. The van der Waals surface area contributed by atoms with E-state index in [1.54, 1.807) is 0 Å². The molecule has 0 saturated carbocycles. The van der Waals surface area contributed by atoms with Crippen LogP contribution in [-0.4, -0.2) is 33.1 Å². The van der Waals surface area contributed by atoms with Gasteiger partial charge in [-0.3, -0.25) is 14.6 Å². The Hall–Kier alpha value is -2.57. The van der Waals surface area contributed by atoms with E-state index in [-0.39, 0.29) is 12.0 Å². The quantitative estimate of drug-likeness (QED) is 0.543. The SMILES string of the molecule is C=CCC(NC(=O)c1cc(O)[nH]c(=O)c1)C(=O)O. The second-order valence-electron chi connectivity index (χ2n) is 3.51. The molecule has 0 spiro atoms. The van der Waals surface area contributed by atoms with Gasteiger partial charge in [0.15, 0.2) is 5.88 Å². The third kappa shape index (κ3) is 3.48. The first-order chi connectivity index (χ1) is 8.43. The number of amides is 1. The lowest BCUT2D eigenvalue weighted by atomic mass is 10.2. The number of aromatic nitrogens is 1. The molecular formula is C11H12N2O5. The second-order valence-corrected chi connectivity index (χ2v) is 3.51. The molecule has 96 valence electrons. The normalized spacial score (nSPS) is 11.6. The van der Waals surface area contributed by atoms with Crippen molar-refractivity contribution in [2.75, 3.05) is 0 Å². The summed E-state index contributed by atoms with van der Waals surface area (Å²) in [6, 6.07) is 0.863. The third-order valence-corrected chi connectivity index (χ3v) is 2.10. The molecule has 0 radical (unpaired) electrons. The first-order valence-electron chi connectivity index (χ1n) is 5.02. The summed E-state index contributed by atoms with van der Waals surface area (Å²) in [4.78, 5) is 35.6. The third-order valence-electron chi connectivity index (χ3n) is 2.10. The maximum atomic E-state index is 11.7. The van der Waals surface area contributed by atoms with Gasteiger partial charge in [-0.1, -0.05) is 6.08 Å². The van der Waals surface area contributed by atoms with Crippen LogP contribution in [0.4, 0.5) is 0 Å². The fourth-order valence-electron chi connectivity index (χ4n) is 1.29. The average Bonchev–Trinajstić information content (AvgIpc) is 2.26. The highest BCUT2D eigenvalue weighted by molar-refractivity contribution is 5.96. The topological polar surface area (TPSA) is 119 Å². The van der Waals surface area contributed by atoms with E-state index in [2.05, 4.69) is 16.9 Å². The molecule has 1 aromatic heterocycles. The highest BCUT2D eigenvalue weighted by Gasteiger charge is 2.19. The molecule has 18 heavy (non-hydrogen) atoms. The van der Waals surface area contributed by atoms with Crippen LogP contribution in [0.5, 0.6) is 5.88 Å². The van der Waals surface area contributed by atoms with Crippen LogP contribution in [-0.2, 0) is 4.79 Å². The Bertz CT molecular complexity index is 534. The van der Waals surface area contributed by atoms with Crippen molar-refractivity contribution in [2.24, 2.45) is 0 Å². The fourth-order valence-corrected chi connectivity index (χ4v) is 1.29. The van der Waals surface area contributed by atoms with E-state index in [1.807, 2.05) is 0 Å². The van der Waals surface area contributed by atoms with Crippen molar-refractivity contribution in [3.8, 4) is 5.88 Å². The lowest BCUT2D eigenvalue weighted by Crippen LogP contribution is -2.40. The van der Waals surface area contributed by atoms with Gasteiger partial charge in [-0.15, -0.1) is 6.58 Å². The molecule has 1 heterocycles. The van der Waals surface area contributed by atoms with Crippen molar-refractivity contribution >= 4 is 11.9 Å². The minimum absolute atomic E-state index is 0.0518. The number of carbonyl (C=O) groups is 2. The molecule has 1 amide bonds. The van der Waals surface area contributed by atoms with Gasteiger partial charge in [-0.25, -0.2) is 4.79 Å². The zero-order valence-corrected chi connectivity index (χ0v) is 9.34. The maximum absolute atomic E-state index is 11.7. The number of aliphatic carboxylic acids is 1. The number of H-pyrrole nitrogens is 1. The monoisotopic (exact) mass is 252 g/mol. The summed E-state index contributed by atoms with van der Waals surface area (Å²) in [5.74, 6) is -2.44. The highest BCUT2D eigenvalue weighted by Crippen LogP contribution is 2.05. The van der Waals surface area contributed by atoms with Crippen LogP contribution >= 0.6 is 0 Å². The van der Waals surface area contributed by atoms with Crippen LogP contribution in [0.3, 0.4) is 0 Å². The largest absolute Gasteiger partial charge is 0.494 e. The Morgan fingerprint density at radius 3 is 2.67 bits per heavy atom. The summed E-state index contributed by atoms with van der Waals surface area (Å²) < 4.78 is 0. The van der Waals surface area contributed by atoms with Crippen molar-refractivity contribution in [1.29, 1.82) is 0 Å². The Morgan fingerprint density at radius 2 is 2.17 bits per heavy atom. The average molecular weight is 252 g/mol. The molecule has 1 unspecified atom stereocenters. The highest BCUT2D eigenvalue weighted by atomic mass is 16.4. The molecule has 0 saturated heterocycles. The van der Waals surface area contributed by atoms with Gasteiger partial charge < -0.3 is 15.5 Å². The number of carboxylic acids is 1. The van der Waals surface area contributed by atoms with Crippen molar-refractivity contribution in [3.63, 3.8) is 0 Å². The van der Waals surface area contributed by atoms with E-state index in [0.717, 1.165) is 12.1 Å². The minimum Gasteiger partial charge on any atom is -0.494 e. The van der Waals surface area contributed by atoms with Gasteiger partial charge >= 0.3 is 5.97 Å². The van der Waals surface area contributed by atoms with Crippen molar-refractivity contribution < 1.29 is 19.8 Å². The number of nitrogens with one attached hydrogen (secondary N) is 2. The number of carboxylic acid groups (broad SMARTS) is 1. The summed E-state index contributed by atoms with van der Waals surface area (Å²) in [6.07, 6.45) is 1.41. The number of hydrogen-bond donors (Lipinski definition) is 4. The van der Waals surface area contributed by atoms with Gasteiger partial charge in [0, 0.05) is 12.1 Å². The number of pyridine rings is 1. The molecule has 0 bridgehead atoms. The van der Waals surface area contributed by atoms with Crippen LogP contribution in [0.2, 0.25) is 0 Å². The van der Waals surface area contributed by atoms with E-state index < -0.39 is 29.4 Å². The Labute approximate surface area is 102 Å². The smallest absolute Gasteiger partial charge is 0.326 e. The van der Waals surface area contributed by atoms with Gasteiger partial charge in [0.2, 0.25) is 0 Å². The van der Waals surface area contributed by atoms with Crippen LogP contribution in [0.1, 0.15) is 16.8 Å². The minimum atomic E-state index is -1.21. The predicted octanol–water partition coefficient (Wildman–Crippen LogP) is -0.160. The zero-order chi connectivity index (χ0) is 13.7. The summed E-state index contributed by atoms with van der Waals surface area (Å²) in [5.41, 5.74) is -0.776. The van der Waals surface area contributed by atoms with Crippen LogP contribution < -0.4 is 10.9 Å². The molecule has 0 fully saturated rings. The molecule has 4 N–H and O–H groups in total. The Balaban J connectivity index is 2.89. The summed E-state index contributed by atoms with van der Waals surface area (Å²) in [7, 11) is 0. The van der Waals surface area contributed by atoms with E-state index in [1.165, 1.54) is 6.08 Å². The Morgan fingerprint density at radius 1 is 1.50 bits per heavy atom. The number of aromatic hydroxyl groups is 1. The number of hydrogen-bond acceptors (Lipinski definition) is 4. The first-order valence-corrected chi connectivity index (χ1v) is 5.02. The lowest BCUT2D eigenvalue weighted by molar-refractivity contribution is -0.139. The molecule has 0 aliphatic rings. The fraction of sp³-hybridized carbons (Fsp3) is 0.182. The molecule has 1 atom stereocenters. The number of carbonyl (C=O) groups excluding carboxylic acids is 1. The van der Waals surface area contributed by atoms with Gasteiger partial charge in [-0.2, -0.15) is 0 Å². The van der Waals surface area contributed by atoms with E-state index in [4.69, 9.17) is 10.2 Å². The summed E-state index contributed by atoms with van der Waals surface area (Å²) in [6.45, 7) is 3.38. The first kappa shape index (κ1) is 13.5.